The molecule has 0 aliphatic carbocycles. The Bertz CT molecular complexity index is 1250. The molecule has 1 aliphatic heterocycles. The summed E-state index contributed by atoms with van der Waals surface area (Å²) in [7, 11) is 0. The molecule has 0 fully saturated rings. The first-order valence-electron chi connectivity index (χ1n) is 9.97. The number of halogens is 2. The van der Waals surface area contributed by atoms with Crippen molar-refractivity contribution in [1.82, 2.24) is 5.32 Å². The number of rotatable bonds is 7. The van der Waals surface area contributed by atoms with Crippen molar-refractivity contribution in [3.05, 3.63) is 93.0 Å². The van der Waals surface area contributed by atoms with Crippen LogP contribution in [0, 0.1) is 11.3 Å². The first kappa shape index (κ1) is 22.5. The summed E-state index contributed by atoms with van der Waals surface area (Å²) in [5.74, 6) is 1.49. The number of hydrogen-bond acceptors (Lipinski definition) is 5. The highest BCUT2D eigenvalue weighted by molar-refractivity contribution is 6.42. The van der Waals surface area contributed by atoms with E-state index >= 15 is 0 Å². The molecule has 3 aromatic rings. The molecule has 8 heteroatoms. The molecule has 0 saturated carbocycles. The number of carbonyl (C=O) groups is 1. The van der Waals surface area contributed by atoms with E-state index in [4.69, 9.17) is 37.4 Å². The molecule has 4 rings (SSSR count). The van der Waals surface area contributed by atoms with Crippen LogP contribution in [0.2, 0.25) is 10.0 Å². The molecule has 1 heterocycles. The predicted octanol–water partition coefficient (Wildman–Crippen LogP) is 5.52. The highest BCUT2D eigenvalue weighted by atomic mass is 35.5. The highest BCUT2D eigenvalue weighted by Gasteiger charge is 2.14. The SMILES string of the molecule is N#C/C(=C\c1ccc(OCc2ccc(Cl)c(Cl)c2)cc1)C(=O)NCc1ccc2c(c1)OCO2. The molecule has 0 radical (unpaired) electrons. The van der Waals surface area contributed by atoms with Crippen molar-refractivity contribution in [1.29, 1.82) is 5.26 Å². The van der Waals surface area contributed by atoms with Gasteiger partial charge in [-0.1, -0.05) is 47.5 Å². The van der Waals surface area contributed by atoms with Crippen LogP contribution in [0.4, 0.5) is 0 Å². The number of nitrogens with zero attached hydrogens (tertiary/aromatic N) is 1. The molecule has 1 aliphatic rings. The van der Waals surface area contributed by atoms with E-state index in [-0.39, 0.29) is 18.9 Å². The zero-order valence-corrected chi connectivity index (χ0v) is 18.8. The van der Waals surface area contributed by atoms with E-state index in [9.17, 15) is 10.1 Å². The van der Waals surface area contributed by atoms with Crippen LogP contribution in [-0.2, 0) is 17.9 Å². The fourth-order valence-electron chi connectivity index (χ4n) is 3.10. The number of carbonyl (C=O) groups excluding carboxylic acids is 1. The maximum Gasteiger partial charge on any atom is 0.262 e. The van der Waals surface area contributed by atoms with Crippen molar-refractivity contribution in [3.63, 3.8) is 0 Å². The second kappa shape index (κ2) is 10.3. The number of fused-ring (bicyclic) bond motifs is 1. The van der Waals surface area contributed by atoms with E-state index in [1.807, 2.05) is 18.2 Å². The molecule has 0 atom stereocenters. The van der Waals surface area contributed by atoms with Crippen LogP contribution in [0.25, 0.3) is 6.08 Å². The average Bonchev–Trinajstić information content (AvgIpc) is 3.30. The van der Waals surface area contributed by atoms with E-state index in [0.29, 0.717) is 39.5 Å². The zero-order valence-electron chi connectivity index (χ0n) is 17.3. The smallest absolute Gasteiger partial charge is 0.262 e. The number of benzene rings is 3. The van der Waals surface area contributed by atoms with Gasteiger partial charge in [-0.3, -0.25) is 4.79 Å². The summed E-state index contributed by atoms with van der Waals surface area (Å²) >= 11 is 11.9. The van der Waals surface area contributed by atoms with Gasteiger partial charge in [0.2, 0.25) is 6.79 Å². The third-order valence-electron chi connectivity index (χ3n) is 4.84. The van der Waals surface area contributed by atoms with E-state index < -0.39 is 5.91 Å². The van der Waals surface area contributed by atoms with Gasteiger partial charge >= 0.3 is 0 Å². The second-order valence-electron chi connectivity index (χ2n) is 7.15. The Hall–Kier alpha value is -3.66. The molecule has 0 spiro atoms. The minimum atomic E-state index is -0.463. The molecular weight excluding hydrogens is 463 g/mol. The molecule has 6 nitrogen and oxygen atoms in total. The molecule has 0 aromatic heterocycles. The van der Waals surface area contributed by atoms with Crippen molar-refractivity contribution in [3.8, 4) is 23.3 Å². The Morgan fingerprint density at radius 3 is 2.52 bits per heavy atom. The lowest BCUT2D eigenvalue weighted by molar-refractivity contribution is -0.117. The summed E-state index contributed by atoms with van der Waals surface area (Å²) in [6, 6.07) is 19.8. The Balaban J connectivity index is 1.34. The number of amides is 1. The van der Waals surface area contributed by atoms with Gasteiger partial charge in [-0.15, -0.1) is 0 Å². The van der Waals surface area contributed by atoms with Crippen LogP contribution in [0.15, 0.2) is 66.2 Å². The van der Waals surface area contributed by atoms with Gasteiger partial charge in [0.05, 0.1) is 10.0 Å². The fourth-order valence-corrected chi connectivity index (χ4v) is 3.42. The molecule has 33 heavy (non-hydrogen) atoms. The van der Waals surface area contributed by atoms with Gasteiger partial charge < -0.3 is 19.5 Å². The van der Waals surface area contributed by atoms with Crippen LogP contribution in [-0.4, -0.2) is 12.7 Å². The molecule has 3 aromatic carbocycles. The third kappa shape index (κ3) is 5.78. The van der Waals surface area contributed by atoms with Crippen LogP contribution in [0.1, 0.15) is 16.7 Å². The summed E-state index contributed by atoms with van der Waals surface area (Å²) in [6.45, 7) is 0.777. The molecular formula is C25H18Cl2N2O4. The summed E-state index contributed by atoms with van der Waals surface area (Å²) < 4.78 is 16.4. The van der Waals surface area contributed by atoms with E-state index in [2.05, 4.69) is 5.32 Å². The topological polar surface area (TPSA) is 80.6 Å². The lowest BCUT2D eigenvalue weighted by Gasteiger charge is -2.08. The molecule has 0 saturated heterocycles. The average molecular weight is 481 g/mol. The van der Waals surface area contributed by atoms with E-state index in [1.165, 1.54) is 6.08 Å². The molecule has 0 unspecified atom stereocenters. The summed E-state index contributed by atoms with van der Waals surface area (Å²) in [4.78, 5) is 12.5. The third-order valence-corrected chi connectivity index (χ3v) is 5.57. The standard InChI is InChI=1S/C25H18Cl2N2O4/c26-21-7-3-18(10-22(21)27)14-31-20-5-1-16(2-6-20)9-19(12-28)25(30)29-13-17-4-8-23-24(11-17)33-15-32-23/h1-11H,13-15H2,(H,29,30)/b19-9+. The normalized spacial score (nSPS) is 12.2. The molecule has 1 N–H and O–H groups in total. The van der Waals surface area contributed by atoms with Gasteiger partial charge in [0, 0.05) is 6.54 Å². The van der Waals surface area contributed by atoms with Crippen LogP contribution < -0.4 is 19.5 Å². The predicted molar refractivity (Wildman–Crippen MR) is 125 cm³/mol. The van der Waals surface area contributed by atoms with Crippen molar-refractivity contribution in [2.45, 2.75) is 13.2 Å². The van der Waals surface area contributed by atoms with Crippen molar-refractivity contribution >= 4 is 35.2 Å². The van der Waals surface area contributed by atoms with Crippen molar-refractivity contribution in [2.75, 3.05) is 6.79 Å². The highest BCUT2D eigenvalue weighted by Crippen LogP contribution is 2.32. The number of nitrogens with one attached hydrogen (secondary N) is 1. The molecule has 1 amide bonds. The maximum atomic E-state index is 12.5. The number of nitriles is 1. The van der Waals surface area contributed by atoms with Crippen molar-refractivity contribution in [2.24, 2.45) is 0 Å². The molecule has 0 bridgehead atoms. The lowest BCUT2D eigenvalue weighted by atomic mass is 10.1. The number of hydrogen-bond donors (Lipinski definition) is 1. The first-order chi connectivity index (χ1) is 16.0. The van der Waals surface area contributed by atoms with Gasteiger partial charge in [-0.2, -0.15) is 5.26 Å². The minimum absolute atomic E-state index is 0.000202. The van der Waals surface area contributed by atoms with E-state index in [0.717, 1.165) is 11.1 Å². The largest absolute Gasteiger partial charge is 0.489 e. The zero-order chi connectivity index (χ0) is 23.2. The van der Waals surface area contributed by atoms with Gasteiger partial charge in [-0.05, 0) is 59.2 Å². The number of ether oxygens (including phenoxy) is 3. The first-order valence-corrected chi connectivity index (χ1v) is 10.7. The Kier molecular flexibility index (Phi) is 7.04. The monoisotopic (exact) mass is 480 g/mol. The summed E-state index contributed by atoms with van der Waals surface area (Å²) in [5, 5.41) is 13.1. The van der Waals surface area contributed by atoms with Gasteiger partial charge in [0.25, 0.3) is 5.91 Å². The van der Waals surface area contributed by atoms with Crippen LogP contribution in [0.3, 0.4) is 0 Å². The second-order valence-corrected chi connectivity index (χ2v) is 7.96. The Labute approximate surface area is 200 Å². The van der Waals surface area contributed by atoms with Crippen LogP contribution in [0.5, 0.6) is 17.2 Å². The maximum absolute atomic E-state index is 12.5. The summed E-state index contributed by atoms with van der Waals surface area (Å²) in [5.41, 5.74) is 2.43. The Morgan fingerprint density at radius 2 is 1.76 bits per heavy atom. The lowest BCUT2D eigenvalue weighted by Crippen LogP contribution is -2.23. The van der Waals surface area contributed by atoms with Crippen molar-refractivity contribution < 1.29 is 19.0 Å². The van der Waals surface area contributed by atoms with Gasteiger partial charge in [0.15, 0.2) is 11.5 Å². The fraction of sp³-hybridized carbons (Fsp3) is 0.120. The summed E-state index contributed by atoms with van der Waals surface area (Å²) in [6.07, 6.45) is 1.53. The minimum Gasteiger partial charge on any atom is -0.489 e. The molecule has 166 valence electrons. The van der Waals surface area contributed by atoms with Gasteiger partial charge in [-0.25, -0.2) is 0 Å². The Morgan fingerprint density at radius 1 is 1.00 bits per heavy atom. The van der Waals surface area contributed by atoms with E-state index in [1.54, 1.807) is 48.5 Å². The quantitative estimate of drug-likeness (QED) is 0.355. The van der Waals surface area contributed by atoms with Gasteiger partial charge in [0.1, 0.15) is 24.0 Å². The van der Waals surface area contributed by atoms with Crippen LogP contribution >= 0.6 is 23.2 Å².